The molecule has 1 aliphatic rings. The van der Waals surface area contributed by atoms with Gasteiger partial charge in [-0.15, -0.1) is 0 Å². The number of rotatable bonds is 6. The lowest BCUT2D eigenvalue weighted by molar-refractivity contribution is 0.0666. The number of hydrogen-bond donors (Lipinski definition) is 1. The third-order valence-corrected chi connectivity index (χ3v) is 4.60. The molecule has 0 radical (unpaired) electrons. The van der Waals surface area contributed by atoms with E-state index in [-0.39, 0.29) is 18.4 Å². The molecular formula is C18H25N3O3. The monoisotopic (exact) mass is 331 g/mol. The second kappa shape index (κ2) is 7.66. The first kappa shape index (κ1) is 16.8. The van der Waals surface area contributed by atoms with Gasteiger partial charge in [0.1, 0.15) is 18.2 Å². The topological polar surface area (TPSA) is 71.5 Å². The molecule has 3 rings (SSSR count). The van der Waals surface area contributed by atoms with Crippen molar-refractivity contribution in [2.75, 3.05) is 13.1 Å². The zero-order valence-electron chi connectivity index (χ0n) is 14.1. The number of carbonyl (C=O) groups is 1. The van der Waals surface area contributed by atoms with Crippen molar-refractivity contribution in [1.82, 2.24) is 14.5 Å². The summed E-state index contributed by atoms with van der Waals surface area (Å²) in [7, 11) is 0. The van der Waals surface area contributed by atoms with Crippen molar-refractivity contribution in [2.24, 2.45) is 0 Å². The molecule has 1 atom stereocenters. The highest BCUT2D eigenvalue weighted by molar-refractivity contribution is 5.91. The number of unbranched alkanes of at least 4 members (excludes halogenated alkanes) is 1. The normalized spacial score (nSPS) is 18.1. The molecule has 130 valence electrons. The van der Waals surface area contributed by atoms with Crippen LogP contribution in [0.25, 0.3) is 0 Å². The SMILES string of the molecule is CCCCn1ccnc1[C@@H]1CCCN(C(=O)c2ccc(CO)o2)C1. The van der Waals surface area contributed by atoms with Gasteiger partial charge in [0, 0.05) is 37.9 Å². The van der Waals surface area contributed by atoms with E-state index in [1.54, 1.807) is 12.1 Å². The minimum absolute atomic E-state index is 0.105. The standard InChI is InChI=1S/C18H25N3O3/c1-2-3-9-20-11-8-19-17(20)14-5-4-10-21(12-14)18(23)16-7-6-15(13-22)24-16/h6-8,11,14,22H,2-5,9-10,12-13H2,1H3/t14-/m1/s1. The third-order valence-electron chi connectivity index (χ3n) is 4.60. The van der Waals surface area contributed by atoms with Crippen LogP contribution in [-0.4, -0.2) is 38.6 Å². The van der Waals surface area contributed by atoms with Crippen molar-refractivity contribution in [3.8, 4) is 0 Å². The summed E-state index contributed by atoms with van der Waals surface area (Å²) in [5.41, 5.74) is 0. The molecule has 2 aromatic heterocycles. The van der Waals surface area contributed by atoms with E-state index in [4.69, 9.17) is 9.52 Å². The van der Waals surface area contributed by atoms with Crippen LogP contribution in [-0.2, 0) is 13.2 Å². The van der Waals surface area contributed by atoms with E-state index in [2.05, 4.69) is 16.5 Å². The van der Waals surface area contributed by atoms with E-state index in [0.717, 1.165) is 44.6 Å². The van der Waals surface area contributed by atoms with Crippen LogP contribution in [0.5, 0.6) is 0 Å². The predicted octanol–water partition coefficient (Wildman–Crippen LogP) is 2.79. The zero-order chi connectivity index (χ0) is 16.9. The molecule has 1 aliphatic heterocycles. The van der Waals surface area contributed by atoms with Gasteiger partial charge in [0.2, 0.25) is 0 Å². The summed E-state index contributed by atoms with van der Waals surface area (Å²) in [6.07, 6.45) is 8.18. The van der Waals surface area contributed by atoms with Crippen molar-refractivity contribution in [3.63, 3.8) is 0 Å². The Morgan fingerprint density at radius 3 is 3.08 bits per heavy atom. The first-order chi connectivity index (χ1) is 11.7. The number of aryl methyl sites for hydroxylation is 1. The Hall–Kier alpha value is -2.08. The van der Waals surface area contributed by atoms with E-state index in [0.29, 0.717) is 18.1 Å². The summed E-state index contributed by atoms with van der Waals surface area (Å²) >= 11 is 0. The molecule has 1 amide bonds. The van der Waals surface area contributed by atoms with Crippen LogP contribution in [0.4, 0.5) is 0 Å². The maximum Gasteiger partial charge on any atom is 0.289 e. The molecule has 0 saturated carbocycles. The lowest BCUT2D eigenvalue weighted by Gasteiger charge is -2.32. The van der Waals surface area contributed by atoms with Crippen molar-refractivity contribution in [3.05, 3.63) is 41.9 Å². The molecule has 1 saturated heterocycles. The fourth-order valence-corrected chi connectivity index (χ4v) is 3.30. The van der Waals surface area contributed by atoms with Crippen LogP contribution >= 0.6 is 0 Å². The summed E-state index contributed by atoms with van der Waals surface area (Å²) < 4.78 is 7.61. The Kier molecular flexibility index (Phi) is 5.35. The molecule has 0 aromatic carbocycles. The molecular weight excluding hydrogens is 306 g/mol. The van der Waals surface area contributed by atoms with Crippen LogP contribution in [0.3, 0.4) is 0 Å². The van der Waals surface area contributed by atoms with Crippen LogP contribution in [0.15, 0.2) is 28.9 Å². The number of aliphatic hydroxyl groups excluding tert-OH is 1. The maximum atomic E-state index is 12.6. The van der Waals surface area contributed by atoms with Crippen LogP contribution in [0.1, 0.15) is 60.7 Å². The molecule has 0 aliphatic carbocycles. The van der Waals surface area contributed by atoms with E-state index in [1.165, 1.54) is 0 Å². The Morgan fingerprint density at radius 1 is 1.46 bits per heavy atom. The van der Waals surface area contributed by atoms with Gasteiger partial charge in [-0.05, 0) is 31.4 Å². The molecule has 6 nitrogen and oxygen atoms in total. The average molecular weight is 331 g/mol. The number of likely N-dealkylation sites (tertiary alicyclic amines) is 1. The quantitative estimate of drug-likeness (QED) is 0.883. The van der Waals surface area contributed by atoms with Gasteiger partial charge in [-0.3, -0.25) is 4.79 Å². The molecule has 3 heterocycles. The van der Waals surface area contributed by atoms with E-state index >= 15 is 0 Å². The highest BCUT2D eigenvalue weighted by atomic mass is 16.4. The number of piperidine rings is 1. The number of nitrogens with zero attached hydrogens (tertiary/aromatic N) is 3. The van der Waals surface area contributed by atoms with Crippen molar-refractivity contribution in [1.29, 1.82) is 0 Å². The summed E-state index contributed by atoms with van der Waals surface area (Å²) in [4.78, 5) is 19.0. The predicted molar refractivity (Wildman–Crippen MR) is 89.6 cm³/mol. The van der Waals surface area contributed by atoms with Gasteiger partial charge in [-0.1, -0.05) is 13.3 Å². The Bertz CT molecular complexity index is 677. The fourth-order valence-electron chi connectivity index (χ4n) is 3.30. The number of furan rings is 1. The van der Waals surface area contributed by atoms with Gasteiger partial charge in [0.25, 0.3) is 5.91 Å². The van der Waals surface area contributed by atoms with Gasteiger partial charge in [-0.25, -0.2) is 4.98 Å². The number of aromatic nitrogens is 2. The highest BCUT2D eigenvalue weighted by Gasteiger charge is 2.29. The maximum absolute atomic E-state index is 12.6. The van der Waals surface area contributed by atoms with Crippen LogP contribution < -0.4 is 0 Å². The number of aliphatic hydroxyl groups is 1. The third kappa shape index (κ3) is 3.53. The lowest BCUT2D eigenvalue weighted by Crippen LogP contribution is -2.39. The van der Waals surface area contributed by atoms with Gasteiger partial charge >= 0.3 is 0 Å². The first-order valence-electron chi connectivity index (χ1n) is 8.72. The molecule has 1 fully saturated rings. The van der Waals surface area contributed by atoms with Gasteiger partial charge < -0.3 is 19.0 Å². The summed E-state index contributed by atoms with van der Waals surface area (Å²) in [6, 6.07) is 3.28. The molecule has 0 spiro atoms. The fraction of sp³-hybridized carbons (Fsp3) is 0.556. The average Bonchev–Trinajstić information content (AvgIpc) is 3.28. The summed E-state index contributed by atoms with van der Waals surface area (Å²) in [5.74, 6) is 1.96. The van der Waals surface area contributed by atoms with E-state index in [9.17, 15) is 4.79 Å². The number of hydrogen-bond acceptors (Lipinski definition) is 4. The molecule has 6 heteroatoms. The van der Waals surface area contributed by atoms with E-state index < -0.39 is 0 Å². The number of amides is 1. The van der Waals surface area contributed by atoms with Gasteiger partial charge in [0.15, 0.2) is 5.76 Å². The van der Waals surface area contributed by atoms with E-state index in [1.807, 2.05) is 17.3 Å². The summed E-state index contributed by atoms with van der Waals surface area (Å²) in [6.45, 7) is 4.37. The number of carbonyl (C=O) groups excluding carboxylic acids is 1. The van der Waals surface area contributed by atoms with Crippen molar-refractivity contribution < 1.29 is 14.3 Å². The Labute approximate surface area is 142 Å². The second-order valence-corrected chi connectivity index (χ2v) is 6.35. The van der Waals surface area contributed by atoms with Crippen molar-refractivity contribution in [2.45, 2.75) is 51.7 Å². The van der Waals surface area contributed by atoms with Crippen LogP contribution in [0, 0.1) is 0 Å². The Balaban J connectivity index is 1.70. The van der Waals surface area contributed by atoms with Gasteiger partial charge in [0.05, 0.1) is 0 Å². The lowest BCUT2D eigenvalue weighted by atomic mass is 9.97. The minimum Gasteiger partial charge on any atom is -0.453 e. The minimum atomic E-state index is -0.190. The largest absolute Gasteiger partial charge is 0.453 e. The molecule has 0 unspecified atom stereocenters. The zero-order valence-corrected chi connectivity index (χ0v) is 14.1. The molecule has 1 N–H and O–H groups in total. The molecule has 2 aromatic rings. The Morgan fingerprint density at radius 2 is 2.33 bits per heavy atom. The second-order valence-electron chi connectivity index (χ2n) is 6.35. The van der Waals surface area contributed by atoms with Gasteiger partial charge in [-0.2, -0.15) is 0 Å². The smallest absolute Gasteiger partial charge is 0.289 e. The van der Waals surface area contributed by atoms with Crippen LogP contribution in [0.2, 0.25) is 0 Å². The summed E-state index contributed by atoms with van der Waals surface area (Å²) in [5, 5.41) is 9.08. The first-order valence-corrected chi connectivity index (χ1v) is 8.72. The van der Waals surface area contributed by atoms with Crippen molar-refractivity contribution >= 4 is 5.91 Å². The number of imidazole rings is 1. The molecule has 0 bridgehead atoms. The highest BCUT2D eigenvalue weighted by Crippen LogP contribution is 2.27. The molecule has 24 heavy (non-hydrogen) atoms.